The van der Waals surface area contributed by atoms with Crippen LogP contribution >= 0.6 is 0 Å². The first-order chi connectivity index (χ1) is 13.7. The lowest BCUT2D eigenvalue weighted by molar-refractivity contribution is -0.116. The predicted molar refractivity (Wildman–Crippen MR) is 111 cm³/mol. The fourth-order valence-corrected chi connectivity index (χ4v) is 2.94. The maximum atomic E-state index is 13.3. The van der Waals surface area contributed by atoms with Crippen LogP contribution in [0.15, 0.2) is 66.0 Å². The molecule has 2 aromatic carbocycles. The van der Waals surface area contributed by atoms with Crippen LogP contribution in [0.4, 0.5) is 0 Å². The van der Waals surface area contributed by atoms with Gasteiger partial charge >= 0.3 is 0 Å². The van der Waals surface area contributed by atoms with Gasteiger partial charge in [0.1, 0.15) is 5.82 Å². The largest absolute Gasteiger partial charge is 0.352 e. The van der Waals surface area contributed by atoms with Crippen LogP contribution in [0.3, 0.4) is 0 Å². The first-order valence-corrected chi connectivity index (χ1v) is 9.15. The number of para-hydroxylation sites is 1. The van der Waals surface area contributed by atoms with E-state index < -0.39 is 0 Å². The number of rotatable bonds is 5. The van der Waals surface area contributed by atoms with Crippen molar-refractivity contribution in [3.8, 4) is 17.5 Å². The van der Waals surface area contributed by atoms with Crippen LogP contribution in [0.2, 0.25) is 0 Å². The Labute approximate surface area is 163 Å². The van der Waals surface area contributed by atoms with E-state index >= 15 is 0 Å². The summed E-state index contributed by atoms with van der Waals surface area (Å²) in [6.07, 6.45) is 2.34. The van der Waals surface area contributed by atoms with Crippen LogP contribution in [0.25, 0.3) is 16.6 Å². The lowest BCUT2D eigenvalue weighted by atomic mass is 10.1. The summed E-state index contributed by atoms with van der Waals surface area (Å²) in [5, 5.41) is 3.18. The Bertz CT molecular complexity index is 1140. The lowest BCUT2D eigenvalue weighted by Gasteiger charge is -2.13. The molecule has 28 heavy (non-hydrogen) atoms. The van der Waals surface area contributed by atoms with Gasteiger partial charge in [-0.2, -0.15) is 0 Å². The van der Waals surface area contributed by atoms with Gasteiger partial charge in [-0.15, -0.1) is 0 Å². The van der Waals surface area contributed by atoms with Crippen molar-refractivity contribution in [1.82, 2.24) is 14.9 Å². The van der Waals surface area contributed by atoms with E-state index in [9.17, 15) is 9.59 Å². The summed E-state index contributed by atoms with van der Waals surface area (Å²) >= 11 is 0. The molecule has 3 rings (SSSR count). The molecule has 140 valence electrons. The van der Waals surface area contributed by atoms with Crippen LogP contribution in [0.1, 0.15) is 24.7 Å². The Morgan fingerprint density at radius 1 is 1.21 bits per heavy atom. The first-order valence-electron chi connectivity index (χ1n) is 9.15. The highest BCUT2D eigenvalue weighted by atomic mass is 16.1. The Balaban J connectivity index is 2.05. The fraction of sp³-hybridized carbons (Fsp3) is 0.174. The van der Waals surface area contributed by atoms with E-state index in [4.69, 9.17) is 4.98 Å². The number of nitrogens with one attached hydrogen (secondary N) is 1. The third kappa shape index (κ3) is 4.02. The van der Waals surface area contributed by atoms with E-state index in [0.29, 0.717) is 41.7 Å². The van der Waals surface area contributed by atoms with Crippen LogP contribution in [-0.2, 0) is 11.2 Å². The molecular weight excluding hydrogens is 350 g/mol. The van der Waals surface area contributed by atoms with E-state index in [-0.39, 0.29) is 11.5 Å². The van der Waals surface area contributed by atoms with Crippen LogP contribution < -0.4 is 10.9 Å². The van der Waals surface area contributed by atoms with E-state index in [2.05, 4.69) is 23.7 Å². The number of hydrogen-bond acceptors (Lipinski definition) is 3. The van der Waals surface area contributed by atoms with Gasteiger partial charge in [-0.1, -0.05) is 49.6 Å². The topological polar surface area (TPSA) is 64.0 Å². The Hall–Kier alpha value is -3.65. The first kappa shape index (κ1) is 19.1. The summed E-state index contributed by atoms with van der Waals surface area (Å²) in [6, 6.07) is 15.0. The SMILES string of the molecule is C=CC(=O)NCCC#Cc1cccc2nc(CC)n(-c3ccccc3)c(=O)c12. The summed E-state index contributed by atoms with van der Waals surface area (Å²) in [7, 11) is 0. The van der Waals surface area contributed by atoms with Gasteiger partial charge in [0, 0.05) is 24.9 Å². The number of aryl methyl sites for hydroxylation is 1. The minimum absolute atomic E-state index is 0.127. The summed E-state index contributed by atoms with van der Waals surface area (Å²) in [6.45, 7) is 5.81. The maximum Gasteiger partial charge on any atom is 0.267 e. The number of fused-ring (bicyclic) bond motifs is 1. The maximum absolute atomic E-state index is 13.3. The molecule has 0 aliphatic carbocycles. The minimum Gasteiger partial charge on any atom is -0.352 e. The molecule has 5 nitrogen and oxygen atoms in total. The second-order valence-electron chi connectivity index (χ2n) is 6.10. The van der Waals surface area contributed by atoms with Gasteiger partial charge in [0.15, 0.2) is 0 Å². The number of hydrogen-bond donors (Lipinski definition) is 1. The van der Waals surface area contributed by atoms with Crippen molar-refractivity contribution >= 4 is 16.8 Å². The monoisotopic (exact) mass is 371 g/mol. The van der Waals surface area contributed by atoms with E-state index in [1.807, 2.05) is 55.5 Å². The smallest absolute Gasteiger partial charge is 0.267 e. The van der Waals surface area contributed by atoms with Crippen molar-refractivity contribution in [2.24, 2.45) is 0 Å². The summed E-state index contributed by atoms with van der Waals surface area (Å²) < 4.78 is 1.65. The van der Waals surface area contributed by atoms with Crippen molar-refractivity contribution in [2.75, 3.05) is 6.54 Å². The number of benzene rings is 2. The van der Waals surface area contributed by atoms with Crippen LogP contribution in [0.5, 0.6) is 0 Å². The second-order valence-corrected chi connectivity index (χ2v) is 6.10. The zero-order valence-electron chi connectivity index (χ0n) is 15.7. The van der Waals surface area contributed by atoms with Gasteiger partial charge in [-0.25, -0.2) is 4.98 Å². The molecule has 0 atom stereocenters. The van der Waals surface area contributed by atoms with Crippen molar-refractivity contribution in [1.29, 1.82) is 0 Å². The third-order valence-electron chi connectivity index (χ3n) is 4.26. The Morgan fingerprint density at radius 2 is 2.00 bits per heavy atom. The lowest BCUT2D eigenvalue weighted by Crippen LogP contribution is -2.24. The number of carbonyl (C=O) groups excluding carboxylic acids is 1. The molecule has 5 heteroatoms. The minimum atomic E-state index is -0.228. The fourth-order valence-electron chi connectivity index (χ4n) is 2.94. The van der Waals surface area contributed by atoms with Gasteiger partial charge < -0.3 is 5.32 Å². The molecule has 1 amide bonds. The molecule has 0 unspecified atom stereocenters. The van der Waals surface area contributed by atoms with Crippen LogP contribution in [0, 0.1) is 11.8 Å². The zero-order chi connectivity index (χ0) is 19.9. The number of amides is 1. The summed E-state index contributed by atoms with van der Waals surface area (Å²) in [4.78, 5) is 29.2. The van der Waals surface area contributed by atoms with Gasteiger partial charge in [-0.3, -0.25) is 14.2 Å². The van der Waals surface area contributed by atoms with Gasteiger partial charge in [-0.05, 0) is 30.3 Å². The van der Waals surface area contributed by atoms with Gasteiger partial charge in [0.2, 0.25) is 5.91 Å². The molecule has 0 saturated heterocycles. The Morgan fingerprint density at radius 3 is 2.71 bits per heavy atom. The third-order valence-corrected chi connectivity index (χ3v) is 4.26. The van der Waals surface area contributed by atoms with Crippen molar-refractivity contribution in [3.63, 3.8) is 0 Å². The number of nitrogens with zero attached hydrogens (tertiary/aromatic N) is 2. The number of aromatic nitrogens is 2. The second kappa shape index (κ2) is 8.83. The standard InChI is InChI=1S/C23H21N3O2/c1-3-20-25-19-15-10-12-17(11-8-9-16-24-21(27)4-2)22(19)23(28)26(20)18-13-6-5-7-14-18/h4-7,10,12-15H,2-3,9,16H2,1H3,(H,24,27). The average molecular weight is 371 g/mol. The predicted octanol–water partition coefficient (Wildman–Crippen LogP) is 2.99. The van der Waals surface area contributed by atoms with Gasteiger partial charge in [0.05, 0.1) is 16.6 Å². The molecular formula is C23H21N3O2. The molecule has 1 N–H and O–H groups in total. The quantitative estimate of drug-likeness (QED) is 0.426. The average Bonchev–Trinajstić information content (AvgIpc) is 2.73. The highest BCUT2D eigenvalue weighted by Gasteiger charge is 2.13. The Kier molecular flexibility index (Phi) is 6.03. The molecule has 0 aliphatic heterocycles. The van der Waals surface area contributed by atoms with Crippen molar-refractivity contribution < 1.29 is 4.79 Å². The summed E-state index contributed by atoms with van der Waals surface area (Å²) in [5.41, 5.74) is 1.93. The van der Waals surface area contributed by atoms with E-state index in [0.717, 1.165) is 5.69 Å². The number of carbonyl (C=O) groups is 1. The zero-order valence-corrected chi connectivity index (χ0v) is 15.7. The summed E-state index contributed by atoms with van der Waals surface area (Å²) in [5.74, 6) is 6.55. The molecule has 0 aliphatic rings. The van der Waals surface area contributed by atoms with E-state index in [1.165, 1.54) is 6.08 Å². The van der Waals surface area contributed by atoms with Crippen molar-refractivity contribution in [3.05, 3.63) is 82.9 Å². The molecule has 0 radical (unpaired) electrons. The van der Waals surface area contributed by atoms with Gasteiger partial charge in [0.25, 0.3) is 5.56 Å². The molecule has 0 fully saturated rings. The molecule has 0 saturated carbocycles. The van der Waals surface area contributed by atoms with E-state index in [1.54, 1.807) is 4.57 Å². The highest BCUT2D eigenvalue weighted by molar-refractivity contribution is 5.87. The molecule has 1 heterocycles. The molecule has 0 bridgehead atoms. The normalized spacial score (nSPS) is 10.2. The molecule has 3 aromatic rings. The molecule has 0 spiro atoms. The molecule has 1 aromatic heterocycles. The van der Waals surface area contributed by atoms with Crippen molar-refractivity contribution in [2.45, 2.75) is 19.8 Å². The highest BCUT2D eigenvalue weighted by Crippen LogP contribution is 2.16. The van der Waals surface area contributed by atoms with Crippen LogP contribution in [-0.4, -0.2) is 22.0 Å².